The third-order valence-corrected chi connectivity index (χ3v) is 5.14. The van der Waals surface area contributed by atoms with Crippen molar-refractivity contribution < 1.29 is 23.8 Å². The molecule has 1 aliphatic heterocycles. The number of rotatable bonds is 8. The molecule has 34 heavy (non-hydrogen) atoms. The predicted octanol–water partition coefficient (Wildman–Crippen LogP) is 5.15. The van der Waals surface area contributed by atoms with Gasteiger partial charge in [-0.1, -0.05) is 36.4 Å². The lowest BCUT2D eigenvalue weighted by molar-refractivity contribution is -0.113. The van der Waals surface area contributed by atoms with Crippen molar-refractivity contribution in [2.75, 3.05) is 30.5 Å². The highest BCUT2D eigenvalue weighted by Gasteiger charge is 2.21. The Hall–Kier alpha value is -4.26. The Morgan fingerprint density at radius 2 is 1.41 bits per heavy atom. The highest BCUT2D eigenvalue weighted by atomic mass is 16.5. The van der Waals surface area contributed by atoms with E-state index < -0.39 is 0 Å². The summed E-state index contributed by atoms with van der Waals surface area (Å²) in [6.45, 7) is 4.61. The third-order valence-electron chi connectivity index (χ3n) is 5.14. The van der Waals surface area contributed by atoms with Crippen LogP contribution in [0.4, 0.5) is 11.4 Å². The van der Waals surface area contributed by atoms with Crippen LogP contribution in [0.2, 0.25) is 0 Å². The number of carbonyl (C=O) groups is 2. The second-order valence-corrected chi connectivity index (χ2v) is 7.48. The number of fused-ring (bicyclic) bond motifs is 1. The molecule has 0 bridgehead atoms. The van der Waals surface area contributed by atoms with Gasteiger partial charge in [-0.05, 0) is 38.1 Å². The number of carbonyl (C=O) groups excluding carboxylic acids is 2. The average Bonchev–Trinajstić information content (AvgIpc) is 2.86. The highest BCUT2D eigenvalue weighted by Crippen LogP contribution is 2.38. The van der Waals surface area contributed by atoms with Crippen LogP contribution in [0.1, 0.15) is 29.8 Å². The van der Waals surface area contributed by atoms with Crippen LogP contribution in [0.3, 0.4) is 0 Å². The molecule has 0 saturated heterocycles. The molecular formula is C27H26N2O5. The first-order valence-corrected chi connectivity index (χ1v) is 11.1. The first-order chi connectivity index (χ1) is 16.6. The summed E-state index contributed by atoms with van der Waals surface area (Å²) in [5, 5.41) is 5.78. The van der Waals surface area contributed by atoms with Crippen LogP contribution < -0.4 is 24.8 Å². The maximum absolute atomic E-state index is 13.0. The predicted molar refractivity (Wildman–Crippen MR) is 132 cm³/mol. The molecule has 0 aromatic heterocycles. The van der Waals surface area contributed by atoms with Gasteiger partial charge in [-0.15, -0.1) is 0 Å². The first kappa shape index (κ1) is 22.9. The molecule has 1 heterocycles. The lowest BCUT2D eigenvalue weighted by Gasteiger charge is -2.20. The second-order valence-electron chi connectivity index (χ2n) is 7.48. The molecular weight excluding hydrogens is 432 g/mol. The van der Waals surface area contributed by atoms with Gasteiger partial charge >= 0.3 is 0 Å². The summed E-state index contributed by atoms with van der Waals surface area (Å²) < 4.78 is 17.2. The number of hydrogen-bond donors (Lipinski definition) is 2. The molecule has 3 aromatic carbocycles. The fourth-order valence-corrected chi connectivity index (χ4v) is 3.54. The Kier molecular flexibility index (Phi) is 7.13. The summed E-state index contributed by atoms with van der Waals surface area (Å²) in [5.41, 5.74) is 2.74. The summed E-state index contributed by atoms with van der Waals surface area (Å²) in [5.74, 6) is 0.999. The van der Waals surface area contributed by atoms with E-state index in [9.17, 15) is 9.59 Å². The number of anilines is 2. The largest absolute Gasteiger partial charge is 0.492 e. The maximum Gasteiger partial charge on any atom is 0.255 e. The van der Waals surface area contributed by atoms with Gasteiger partial charge in [-0.25, -0.2) is 0 Å². The van der Waals surface area contributed by atoms with E-state index in [1.54, 1.807) is 36.4 Å². The maximum atomic E-state index is 13.0. The van der Waals surface area contributed by atoms with Gasteiger partial charge < -0.3 is 24.8 Å². The van der Waals surface area contributed by atoms with Gasteiger partial charge in [0.1, 0.15) is 23.9 Å². The lowest BCUT2D eigenvalue weighted by atomic mass is 10.1. The average molecular weight is 459 g/mol. The number of para-hydroxylation sites is 1. The van der Waals surface area contributed by atoms with E-state index in [1.807, 2.05) is 50.3 Å². The SMILES string of the molecule is CCOc1cc(NC(=O)c2ccccc2)c(OCC)cc1NC(=O)C1=Cc2ccccc2OC1. The Morgan fingerprint density at radius 1 is 0.824 bits per heavy atom. The quantitative estimate of drug-likeness (QED) is 0.488. The third kappa shape index (κ3) is 5.20. The smallest absolute Gasteiger partial charge is 0.255 e. The zero-order valence-electron chi connectivity index (χ0n) is 19.1. The molecule has 0 spiro atoms. The molecule has 7 nitrogen and oxygen atoms in total. The van der Waals surface area contributed by atoms with Crippen LogP contribution in [-0.4, -0.2) is 31.6 Å². The molecule has 0 unspecified atom stereocenters. The van der Waals surface area contributed by atoms with Gasteiger partial charge in [0.2, 0.25) is 0 Å². The van der Waals surface area contributed by atoms with Gasteiger partial charge in [0, 0.05) is 23.3 Å². The van der Waals surface area contributed by atoms with Crippen LogP contribution in [-0.2, 0) is 4.79 Å². The first-order valence-electron chi connectivity index (χ1n) is 11.1. The summed E-state index contributed by atoms with van der Waals surface area (Å²) in [6.07, 6.45) is 1.81. The number of hydrogen-bond acceptors (Lipinski definition) is 5. The van der Waals surface area contributed by atoms with Gasteiger partial charge in [-0.2, -0.15) is 0 Å². The molecule has 4 rings (SSSR count). The van der Waals surface area contributed by atoms with E-state index in [0.29, 0.717) is 47.2 Å². The Bertz CT molecular complexity index is 1220. The topological polar surface area (TPSA) is 85.9 Å². The molecule has 3 aromatic rings. The molecule has 2 N–H and O–H groups in total. The molecule has 7 heteroatoms. The molecule has 0 atom stereocenters. The zero-order chi connectivity index (χ0) is 23.9. The number of benzene rings is 3. The van der Waals surface area contributed by atoms with E-state index in [1.165, 1.54) is 0 Å². The summed E-state index contributed by atoms with van der Waals surface area (Å²) in [7, 11) is 0. The minimum absolute atomic E-state index is 0.163. The fraction of sp³-hybridized carbons (Fsp3) is 0.185. The molecule has 1 aliphatic rings. The van der Waals surface area contributed by atoms with Crippen molar-refractivity contribution in [3.8, 4) is 17.2 Å². The van der Waals surface area contributed by atoms with Crippen molar-refractivity contribution in [3.63, 3.8) is 0 Å². The van der Waals surface area contributed by atoms with E-state index >= 15 is 0 Å². The van der Waals surface area contributed by atoms with Crippen LogP contribution >= 0.6 is 0 Å². The van der Waals surface area contributed by atoms with Crippen molar-refractivity contribution in [1.82, 2.24) is 0 Å². The fourth-order valence-electron chi connectivity index (χ4n) is 3.54. The van der Waals surface area contributed by atoms with Crippen LogP contribution in [0.15, 0.2) is 72.3 Å². The van der Waals surface area contributed by atoms with Gasteiger partial charge in [-0.3, -0.25) is 9.59 Å². The van der Waals surface area contributed by atoms with E-state index in [0.717, 1.165) is 11.3 Å². The summed E-state index contributed by atoms with van der Waals surface area (Å²) >= 11 is 0. The summed E-state index contributed by atoms with van der Waals surface area (Å²) in [4.78, 5) is 25.7. The van der Waals surface area contributed by atoms with Crippen molar-refractivity contribution in [3.05, 3.63) is 83.4 Å². The molecule has 174 valence electrons. The van der Waals surface area contributed by atoms with Gasteiger partial charge in [0.05, 0.1) is 30.2 Å². The summed E-state index contributed by atoms with van der Waals surface area (Å²) in [6, 6.07) is 19.8. The Labute approximate surface area is 198 Å². The molecule has 0 saturated carbocycles. The standard InChI is InChI=1S/C27H26N2O5/c1-3-32-24-16-22(29-27(31)20-14-19-12-8-9-13-23(19)34-17-20)25(33-4-2)15-21(24)28-26(30)18-10-6-5-7-11-18/h5-16H,3-4,17H2,1-2H3,(H,28,30)(H,29,31). The van der Waals surface area contributed by atoms with Gasteiger partial charge in [0.25, 0.3) is 11.8 Å². The molecule has 2 amide bonds. The van der Waals surface area contributed by atoms with Crippen molar-refractivity contribution in [2.45, 2.75) is 13.8 Å². The minimum Gasteiger partial charge on any atom is -0.492 e. The van der Waals surface area contributed by atoms with Crippen molar-refractivity contribution >= 4 is 29.3 Å². The molecule has 0 aliphatic carbocycles. The monoisotopic (exact) mass is 458 g/mol. The molecule has 0 radical (unpaired) electrons. The number of amides is 2. The number of ether oxygens (including phenoxy) is 3. The molecule has 0 fully saturated rings. The van der Waals surface area contributed by atoms with E-state index in [-0.39, 0.29) is 18.4 Å². The zero-order valence-corrected chi connectivity index (χ0v) is 19.1. The van der Waals surface area contributed by atoms with Crippen molar-refractivity contribution in [2.24, 2.45) is 0 Å². The lowest BCUT2D eigenvalue weighted by Crippen LogP contribution is -2.22. The normalized spacial score (nSPS) is 12.0. The van der Waals surface area contributed by atoms with E-state index in [4.69, 9.17) is 14.2 Å². The minimum atomic E-state index is -0.307. The van der Waals surface area contributed by atoms with Crippen LogP contribution in [0.5, 0.6) is 17.2 Å². The van der Waals surface area contributed by atoms with E-state index in [2.05, 4.69) is 10.6 Å². The Balaban J connectivity index is 1.62. The van der Waals surface area contributed by atoms with Crippen LogP contribution in [0, 0.1) is 0 Å². The second kappa shape index (κ2) is 10.6. The Morgan fingerprint density at radius 3 is 2.06 bits per heavy atom. The van der Waals surface area contributed by atoms with Gasteiger partial charge in [0.15, 0.2) is 0 Å². The number of nitrogens with one attached hydrogen (secondary N) is 2. The highest BCUT2D eigenvalue weighted by molar-refractivity contribution is 6.09. The van der Waals surface area contributed by atoms with Crippen molar-refractivity contribution in [1.29, 1.82) is 0 Å². The van der Waals surface area contributed by atoms with Crippen LogP contribution in [0.25, 0.3) is 6.08 Å².